The van der Waals surface area contributed by atoms with E-state index in [-0.39, 0.29) is 35.2 Å². The van der Waals surface area contributed by atoms with E-state index in [1.807, 2.05) is 0 Å². The van der Waals surface area contributed by atoms with E-state index in [1.165, 1.54) is 18.3 Å². The molecule has 1 aliphatic carbocycles. The summed E-state index contributed by atoms with van der Waals surface area (Å²) in [5.74, 6) is -2.52. The fourth-order valence-corrected chi connectivity index (χ4v) is 3.74. The lowest BCUT2D eigenvalue weighted by Gasteiger charge is -2.28. The third-order valence-electron chi connectivity index (χ3n) is 5.30. The summed E-state index contributed by atoms with van der Waals surface area (Å²) in [4.78, 5) is 22.1. The second-order valence-electron chi connectivity index (χ2n) is 7.04. The zero-order chi connectivity index (χ0) is 20.4. The predicted octanol–water partition coefficient (Wildman–Crippen LogP) is 3.93. The van der Waals surface area contributed by atoms with E-state index < -0.39 is 17.6 Å². The summed E-state index contributed by atoms with van der Waals surface area (Å²) in [6, 6.07) is 7.72. The van der Waals surface area contributed by atoms with E-state index in [0.717, 1.165) is 0 Å². The first kappa shape index (κ1) is 17.8. The first-order valence-corrected chi connectivity index (χ1v) is 8.77. The summed E-state index contributed by atoms with van der Waals surface area (Å²) >= 11 is 0. The van der Waals surface area contributed by atoms with Crippen molar-refractivity contribution < 1.29 is 26.9 Å². The Hall–Kier alpha value is -3.30. The molecule has 2 aliphatic rings. The third-order valence-corrected chi connectivity index (χ3v) is 5.30. The molecule has 1 saturated carbocycles. The molecule has 6 nitrogen and oxygen atoms in total. The van der Waals surface area contributed by atoms with Crippen molar-refractivity contribution in [1.82, 2.24) is 20.0 Å². The molecular formula is C19H12F4N4O2. The molecular weight excluding hydrogens is 392 g/mol. The predicted molar refractivity (Wildman–Crippen MR) is 89.7 cm³/mol. The zero-order valence-electron chi connectivity index (χ0n) is 14.7. The number of aromatic nitrogens is 3. The summed E-state index contributed by atoms with van der Waals surface area (Å²) in [7, 11) is 0. The standard InChI is InChI=1S/C19H12F4N4O2/c20-13-4-2-1-3-12(13)18(5-6-18)27-9-14-11(16(27)28)7-10(8-24-14)15-25-17(29-26-15)19(21,22)23/h1-4,7-8H,5-6,9H2. The Morgan fingerprint density at radius 3 is 2.59 bits per heavy atom. The van der Waals surface area contributed by atoms with Crippen LogP contribution in [0.3, 0.4) is 0 Å². The second-order valence-corrected chi connectivity index (χ2v) is 7.04. The maximum atomic E-state index is 14.3. The highest BCUT2D eigenvalue weighted by molar-refractivity contribution is 5.99. The molecule has 1 fully saturated rings. The van der Waals surface area contributed by atoms with Gasteiger partial charge in [0, 0.05) is 17.3 Å². The minimum absolute atomic E-state index is 0.133. The largest absolute Gasteiger partial charge is 0.471 e. The Morgan fingerprint density at radius 1 is 1.17 bits per heavy atom. The van der Waals surface area contributed by atoms with E-state index in [9.17, 15) is 22.4 Å². The van der Waals surface area contributed by atoms with Gasteiger partial charge in [-0.15, -0.1) is 0 Å². The minimum atomic E-state index is -4.76. The van der Waals surface area contributed by atoms with Crippen molar-refractivity contribution in [3.63, 3.8) is 0 Å². The third kappa shape index (κ3) is 2.70. The molecule has 0 N–H and O–H groups in total. The molecule has 148 valence electrons. The average Bonchev–Trinajstić information content (AvgIpc) is 3.17. The Kier molecular flexibility index (Phi) is 3.59. The monoisotopic (exact) mass is 404 g/mol. The highest BCUT2D eigenvalue weighted by Gasteiger charge is 2.55. The van der Waals surface area contributed by atoms with Gasteiger partial charge in [0.15, 0.2) is 0 Å². The van der Waals surface area contributed by atoms with Crippen LogP contribution < -0.4 is 0 Å². The number of carbonyl (C=O) groups is 1. The van der Waals surface area contributed by atoms with E-state index in [0.29, 0.717) is 24.1 Å². The van der Waals surface area contributed by atoms with Crippen molar-refractivity contribution >= 4 is 5.91 Å². The number of nitrogens with zero attached hydrogens (tertiary/aromatic N) is 4. The van der Waals surface area contributed by atoms with E-state index in [1.54, 1.807) is 23.1 Å². The maximum absolute atomic E-state index is 14.3. The van der Waals surface area contributed by atoms with Crippen molar-refractivity contribution in [2.24, 2.45) is 0 Å². The van der Waals surface area contributed by atoms with Crippen LogP contribution in [0, 0.1) is 5.82 Å². The number of benzene rings is 1. The van der Waals surface area contributed by atoms with Gasteiger partial charge in [-0.05, 0) is 25.0 Å². The van der Waals surface area contributed by atoms with Crippen LogP contribution in [0.15, 0.2) is 41.1 Å². The summed E-state index contributed by atoms with van der Waals surface area (Å²) in [6.07, 6.45) is -2.22. The molecule has 0 atom stereocenters. The van der Waals surface area contributed by atoms with Crippen LogP contribution in [0.2, 0.25) is 0 Å². The molecule has 29 heavy (non-hydrogen) atoms. The molecule has 3 heterocycles. The van der Waals surface area contributed by atoms with Crippen LogP contribution in [0.4, 0.5) is 17.6 Å². The van der Waals surface area contributed by atoms with Gasteiger partial charge in [-0.3, -0.25) is 9.78 Å². The van der Waals surface area contributed by atoms with Crippen LogP contribution in [0.25, 0.3) is 11.4 Å². The number of hydrogen-bond donors (Lipinski definition) is 0. The topological polar surface area (TPSA) is 72.1 Å². The lowest BCUT2D eigenvalue weighted by Crippen LogP contribution is -2.36. The number of fused-ring (bicyclic) bond motifs is 1. The Labute approximate surface area is 161 Å². The highest BCUT2D eigenvalue weighted by atomic mass is 19.4. The van der Waals surface area contributed by atoms with Crippen LogP contribution in [-0.2, 0) is 18.3 Å². The fraction of sp³-hybridized carbons (Fsp3) is 0.263. The molecule has 0 spiro atoms. The number of rotatable bonds is 3. The van der Waals surface area contributed by atoms with Crippen molar-refractivity contribution in [3.05, 3.63) is 65.1 Å². The maximum Gasteiger partial charge on any atom is 0.471 e. The van der Waals surface area contributed by atoms with Gasteiger partial charge in [0.25, 0.3) is 5.91 Å². The molecule has 1 aromatic carbocycles. The van der Waals surface area contributed by atoms with Gasteiger partial charge >= 0.3 is 12.1 Å². The number of amides is 1. The van der Waals surface area contributed by atoms with Crippen molar-refractivity contribution in [2.45, 2.75) is 31.1 Å². The number of hydrogen-bond acceptors (Lipinski definition) is 5. The Morgan fingerprint density at radius 2 is 1.93 bits per heavy atom. The van der Waals surface area contributed by atoms with Gasteiger partial charge in [-0.1, -0.05) is 23.4 Å². The second kappa shape index (κ2) is 5.85. The molecule has 0 saturated heterocycles. The number of halogens is 4. The van der Waals surface area contributed by atoms with Gasteiger partial charge in [0.2, 0.25) is 5.82 Å². The van der Waals surface area contributed by atoms with E-state index in [2.05, 4.69) is 19.6 Å². The lowest BCUT2D eigenvalue weighted by atomic mass is 10.0. The SMILES string of the molecule is O=C1c2cc(-c3noc(C(F)(F)F)n3)cnc2CN1C1(c2ccccc2F)CC1. The fourth-order valence-electron chi connectivity index (χ4n) is 3.74. The zero-order valence-corrected chi connectivity index (χ0v) is 14.7. The molecule has 5 rings (SSSR count). The van der Waals surface area contributed by atoms with Gasteiger partial charge < -0.3 is 9.42 Å². The molecule has 1 amide bonds. The Balaban J connectivity index is 1.48. The molecule has 0 unspecified atom stereocenters. The van der Waals surface area contributed by atoms with Gasteiger partial charge in [-0.2, -0.15) is 18.2 Å². The first-order valence-electron chi connectivity index (χ1n) is 8.77. The van der Waals surface area contributed by atoms with Crippen molar-refractivity contribution in [2.75, 3.05) is 0 Å². The molecule has 10 heteroatoms. The highest BCUT2D eigenvalue weighted by Crippen LogP contribution is 2.54. The smallest absolute Gasteiger partial charge is 0.329 e. The van der Waals surface area contributed by atoms with Crippen LogP contribution in [0.5, 0.6) is 0 Å². The van der Waals surface area contributed by atoms with Crippen LogP contribution >= 0.6 is 0 Å². The summed E-state index contributed by atoms with van der Waals surface area (Å²) in [5, 5.41) is 3.32. The molecule has 2 aromatic heterocycles. The number of carbonyl (C=O) groups excluding carboxylic acids is 1. The Bertz CT molecular complexity index is 1140. The lowest BCUT2D eigenvalue weighted by molar-refractivity contribution is -0.159. The van der Waals surface area contributed by atoms with E-state index in [4.69, 9.17) is 0 Å². The van der Waals surface area contributed by atoms with Gasteiger partial charge in [-0.25, -0.2) is 4.39 Å². The summed E-state index contributed by atoms with van der Waals surface area (Å²) < 4.78 is 56.6. The van der Waals surface area contributed by atoms with Gasteiger partial charge in [0.05, 0.1) is 23.3 Å². The summed E-state index contributed by atoms with van der Waals surface area (Å²) in [6.45, 7) is 0.197. The van der Waals surface area contributed by atoms with Crippen LogP contribution in [-0.4, -0.2) is 25.9 Å². The molecule has 3 aromatic rings. The molecule has 0 bridgehead atoms. The normalized spacial score (nSPS) is 17.5. The average molecular weight is 404 g/mol. The number of alkyl halides is 3. The van der Waals surface area contributed by atoms with Gasteiger partial charge in [0.1, 0.15) is 5.82 Å². The molecule has 1 aliphatic heterocycles. The van der Waals surface area contributed by atoms with Crippen molar-refractivity contribution in [1.29, 1.82) is 0 Å². The minimum Gasteiger partial charge on any atom is -0.329 e. The summed E-state index contributed by atoms with van der Waals surface area (Å²) in [5.41, 5.74) is 0.575. The van der Waals surface area contributed by atoms with Crippen molar-refractivity contribution in [3.8, 4) is 11.4 Å². The quantitative estimate of drug-likeness (QED) is 0.619. The molecule has 0 radical (unpaired) electrons. The van der Waals surface area contributed by atoms with Crippen LogP contribution in [0.1, 0.15) is 40.3 Å². The number of pyridine rings is 1. The first-order chi connectivity index (χ1) is 13.8. The van der Waals surface area contributed by atoms with E-state index >= 15 is 0 Å².